The van der Waals surface area contributed by atoms with E-state index in [0.29, 0.717) is 25.6 Å². The minimum atomic E-state index is 0.252. The lowest BCUT2D eigenvalue weighted by atomic mass is 9.99. The summed E-state index contributed by atoms with van der Waals surface area (Å²) in [6.45, 7) is 2.27. The first kappa shape index (κ1) is 13.1. The highest BCUT2D eigenvalue weighted by Crippen LogP contribution is 2.20. The third-order valence-corrected chi connectivity index (χ3v) is 3.59. The van der Waals surface area contributed by atoms with Crippen LogP contribution < -0.4 is 5.73 Å². The standard InChI is InChI=1S/C13H22N4O/c14-6-4-12-3-1-2-8-17(12)13(18)5-9-16-10-7-15-11-16/h7,10-12H,1-6,8-9,14H2. The number of likely N-dealkylation sites (tertiary alicyclic amines) is 1. The molecule has 1 amide bonds. The van der Waals surface area contributed by atoms with Crippen molar-refractivity contribution in [3.8, 4) is 0 Å². The molecule has 1 saturated heterocycles. The zero-order chi connectivity index (χ0) is 12.8. The molecule has 1 atom stereocenters. The van der Waals surface area contributed by atoms with Gasteiger partial charge in [-0.2, -0.15) is 0 Å². The van der Waals surface area contributed by atoms with Gasteiger partial charge in [-0.3, -0.25) is 4.79 Å². The summed E-state index contributed by atoms with van der Waals surface area (Å²) in [7, 11) is 0. The van der Waals surface area contributed by atoms with Crippen molar-refractivity contribution in [2.24, 2.45) is 5.73 Å². The van der Waals surface area contributed by atoms with Crippen molar-refractivity contribution >= 4 is 5.91 Å². The van der Waals surface area contributed by atoms with Crippen molar-refractivity contribution in [3.63, 3.8) is 0 Å². The second-order valence-electron chi connectivity index (χ2n) is 4.86. The Labute approximate surface area is 108 Å². The maximum absolute atomic E-state index is 12.2. The number of aromatic nitrogens is 2. The van der Waals surface area contributed by atoms with Gasteiger partial charge in [0.2, 0.25) is 5.91 Å². The molecule has 2 N–H and O–H groups in total. The third kappa shape index (κ3) is 3.32. The summed E-state index contributed by atoms with van der Waals surface area (Å²) in [4.78, 5) is 18.2. The Morgan fingerprint density at radius 2 is 2.33 bits per heavy atom. The largest absolute Gasteiger partial charge is 0.340 e. The molecular formula is C13H22N4O. The van der Waals surface area contributed by atoms with Gasteiger partial charge in [-0.05, 0) is 32.2 Å². The maximum Gasteiger partial charge on any atom is 0.224 e. The average Bonchev–Trinajstić information content (AvgIpc) is 2.90. The van der Waals surface area contributed by atoms with Crippen LogP contribution in [0.5, 0.6) is 0 Å². The van der Waals surface area contributed by atoms with Gasteiger partial charge in [0.15, 0.2) is 0 Å². The van der Waals surface area contributed by atoms with Crippen LogP contribution in [0.2, 0.25) is 0 Å². The van der Waals surface area contributed by atoms with E-state index in [4.69, 9.17) is 5.73 Å². The predicted molar refractivity (Wildman–Crippen MR) is 69.9 cm³/mol. The topological polar surface area (TPSA) is 64.2 Å². The number of amides is 1. The Morgan fingerprint density at radius 3 is 3.06 bits per heavy atom. The second kappa shape index (κ2) is 6.54. The Balaban J connectivity index is 1.85. The van der Waals surface area contributed by atoms with Crippen molar-refractivity contribution in [2.75, 3.05) is 13.1 Å². The summed E-state index contributed by atoms with van der Waals surface area (Å²) in [5.41, 5.74) is 5.62. The minimum Gasteiger partial charge on any atom is -0.340 e. The van der Waals surface area contributed by atoms with Gasteiger partial charge in [0.05, 0.1) is 6.33 Å². The zero-order valence-electron chi connectivity index (χ0n) is 10.8. The van der Waals surface area contributed by atoms with Crippen molar-refractivity contribution in [1.82, 2.24) is 14.5 Å². The fraction of sp³-hybridized carbons (Fsp3) is 0.692. The number of carbonyl (C=O) groups is 1. The second-order valence-corrected chi connectivity index (χ2v) is 4.86. The molecule has 1 aliphatic heterocycles. The van der Waals surface area contributed by atoms with Crippen LogP contribution in [0.3, 0.4) is 0 Å². The molecule has 5 nitrogen and oxygen atoms in total. The molecule has 0 bridgehead atoms. The Kier molecular flexibility index (Phi) is 4.75. The van der Waals surface area contributed by atoms with Crippen molar-refractivity contribution < 1.29 is 4.79 Å². The predicted octanol–water partition coefficient (Wildman–Crippen LogP) is 1.00. The molecule has 2 rings (SSSR count). The van der Waals surface area contributed by atoms with E-state index in [0.717, 1.165) is 25.8 Å². The molecule has 18 heavy (non-hydrogen) atoms. The van der Waals surface area contributed by atoms with Gasteiger partial charge in [0.25, 0.3) is 0 Å². The van der Waals surface area contributed by atoms with Crippen molar-refractivity contribution in [3.05, 3.63) is 18.7 Å². The van der Waals surface area contributed by atoms with E-state index in [9.17, 15) is 4.79 Å². The van der Waals surface area contributed by atoms with Crippen LogP contribution >= 0.6 is 0 Å². The lowest BCUT2D eigenvalue weighted by Crippen LogP contribution is -2.44. The first-order chi connectivity index (χ1) is 8.81. The Morgan fingerprint density at radius 1 is 1.44 bits per heavy atom. The Bertz CT molecular complexity index is 361. The smallest absolute Gasteiger partial charge is 0.224 e. The molecule has 100 valence electrons. The van der Waals surface area contributed by atoms with Crippen LogP contribution in [0.15, 0.2) is 18.7 Å². The maximum atomic E-state index is 12.2. The van der Waals surface area contributed by atoms with E-state index in [1.54, 1.807) is 12.5 Å². The molecule has 1 aliphatic rings. The van der Waals surface area contributed by atoms with Gasteiger partial charge >= 0.3 is 0 Å². The van der Waals surface area contributed by atoms with E-state index in [1.807, 2.05) is 15.7 Å². The van der Waals surface area contributed by atoms with Gasteiger partial charge in [0, 0.05) is 37.9 Å². The number of aryl methyl sites for hydroxylation is 1. The van der Waals surface area contributed by atoms with Crippen LogP contribution in [-0.2, 0) is 11.3 Å². The third-order valence-electron chi connectivity index (χ3n) is 3.59. The Hall–Kier alpha value is -1.36. The number of hydrogen-bond acceptors (Lipinski definition) is 3. The van der Waals surface area contributed by atoms with E-state index in [-0.39, 0.29) is 5.91 Å². The van der Waals surface area contributed by atoms with Gasteiger partial charge < -0.3 is 15.2 Å². The lowest BCUT2D eigenvalue weighted by Gasteiger charge is -2.35. The number of nitrogens with zero attached hydrogens (tertiary/aromatic N) is 3. The van der Waals surface area contributed by atoms with Crippen LogP contribution in [0, 0.1) is 0 Å². The monoisotopic (exact) mass is 250 g/mol. The number of imidazole rings is 1. The fourth-order valence-electron chi connectivity index (χ4n) is 2.61. The van der Waals surface area contributed by atoms with Crippen LogP contribution in [-0.4, -0.2) is 39.5 Å². The van der Waals surface area contributed by atoms with Gasteiger partial charge in [0.1, 0.15) is 0 Å². The minimum absolute atomic E-state index is 0.252. The van der Waals surface area contributed by atoms with E-state index < -0.39 is 0 Å². The molecule has 0 radical (unpaired) electrons. The first-order valence-electron chi connectivity index (χ1n) is 6.76. The molecule has 2 heterocycles. The summed E-state index contributed by atoms with van der Waals surface area (Å²) >= 11 is 0. The highest BCUT2D eigenvalue weighted by atomic mass is 16.2. The average molecular weight is 250 g/mol. The number of hydrogen-bond donors (Lipinski definition) is 1. The zero-order valence-corrected chi connectivity index (χ0v) is 10.8. The highest BCUT2D eigenvalue weighted by molar-refractivity contribution is 5.76. The molecule has 5 heteroatoms. The summed E-state index contributed by atoms with van der Waals surface area (Å²) in [6.07, 6.45) is 10.3. The molecule has 1 aromatic heterocycles. The van der Waals surface area contributed by atoms with Gasteiger partial charge in [-0.1, -0.05) is 0 Å². The van der Waals surface area contributed by atoms with E-state index >= 15 is 0 Å². The molecule has 1 unspecified atom stereocenters. The summed E-state index contributed by atoms with van der Waals surface area (Å²) in [5, 5.41) is 0. The molecule has 0 spiro atoms. The number of piperidine rings is 1. The first-order valence-corrected chi connectivity index (χ1v) is 6.76. The van der Waals surface area contributed by atoms with Gasteiger partial charge in [-0.15, -0.1) is 0 Å². The number of nitrogens with two attached hydrogens (primary N) is 1. The lowest BCUT2D eigenvalue weighted by molar-refractivity contribution is -0.135. The summed E-state index contributed by atoms with van der Waals surface area (Å²) < 4.78 is 1.94. The normalized spacial score (nSPS) is 20.1. The molecule has 0 aliphatic carbocycles. The summed E-state index contributed by atoms with van der Waals surface area (Å²) in [5.74, 6) is 0.252. The molecule has 1 fully saturated rings. The molecular weight excluding hydrogens is 228 g/mol. The van der Waals surface area contributed by atoms with Crippen LogP contribution in [0.4, 0.5) is 0 Å². The van der Waals surface area contributed by atoms with Gasteiger partial charge in [-0.25, -0.2) is 4.98 Å². The fourth-order valence-corrected chi connectivity index (χ4v) is 2.61. The van der Waals surface area contributed by atoms with Crippen LogP contribution in [0.25, 0.3) is 0 Å². The SMILES string of the molecule is NCCC1CCCCN1C(=O)CCn1ccnc1. The van der Waals surface area contributed by atoms with Crippen molar-refractivity contribution in [2.45, 2.75) is 44.7 Å². The molecule has 0 aromatic carbocycles. The number of carbonyl (C=O) groups excluding carboxylic acids is 1. The highest BCUT2D eigenvalue weighted by Gasteiger charge is 2.25. The quantitative estimate of drug-likeness (QED) is 0.848. The van der Waals surface area contributed by atoms with Crippen LogP contribution in [0.1, 0.15) is 32.1 Å². The molecule has 0 saturated carbocycles. The summed E-state index contributed by atoms with van der Waals surface area (Å²) in [6, 6.07) is 0.360. The van der Waals surface area contributed by atoms with E-state index in [2.05, 4.69) is 4.98 Å². The molecule has 1 aromatic rings. The van der Waals surface area contributed by atoms with E-state index in [1.165, 1.54) is 6.42 Å². The van der Waals surface area contributed by atoms with Crippen molar-refractivity contribution in [1.29, 1.82) is 0 Å². The number of rotatable bonds is 5.